The molecule has 1 saturated heterocycles. The maximum atomic E-state index is 5.95. The van der Waals surface area contributed by atoms with Gasteiger partial charge < -0.3 is 14.2 Å². The fourth-order valence-electron chi connectivity index (χ4n) is 2.61. The first-order valence-corrected chi connectivity index (χ1v) is 9.09. The normalized spacial score (nSPS) is 23.1. The van der Waals surface area contributed by atoms with E-state index in [1.54, 1.807) is 0 Å². The van der Waals surface area contributed by atoms with Crippen LogP contribution in [-0.2, 0) is 4.74 Å². The minimum Gasteiger partial charge on any atom is -0.490 e. The van der Waals surface area contributed by atoms with Gasteiger partial charge in [0.2, 0.25) is 0 Å². The largest absolute Gasteiger partial charge is 0.490 e. The SMILES string of the molecule is CCOc1cc(Br)c(C(Br)C2(C)CCCO2)cc1OCC. The molecule has 1 fully saturated rings. The molecule has 0 aromatic heterocycles. The van der Waals surface area contributed by atoms with E-state index >= 15 is 0 Å². The van der Waals surface area contributed by atoms with Gasteiger partial charge in [-0.1, -0.05) is 31.9 Å². The molecule has 0 spiro atoms. The molecule has 2 rings (SSSR count). The van der Waals surface area contributed by atoms with E-state index in [9.17, 15) is 0 Å². The summed E-state index contributed by atoms with van der Waals surface area (Å²) in [5.41, 5.74) is 0.949. The Kier molecular flexibility index (Phi) is 5.97. The van der Waals surface area contributed by atoms with Crippen molar-refractivity contribution in [3.63, 3.8) is 0 Å². The standard InChI is InChI=1S/C16H22Br2O3/c1-4-19-13-9-11(12(17)10-14(13)20-5-2)15(18)16(3)7-6-8-21-16/h9-10,15H,4-8H2,1-3H3. The summed E-state index contributed by atoms with van der Waals surface area (Å²) >= 11 is 7.47. The zero-order chi connectivity index (χ0) is 15.5. The summed E-state index contributed by atoms with van der Waals surface area (Å²) in [6.45, 7) is 8.16. The Balaban J connectivity index is 2.36. The van der Waals surface area contributed by atoms with Gasteiger partial charge in [0.15, 0.2) is 11.5 Å². The predicted molar refractivity (Wildman–Crippen MR) is 91.7 cm³/mol. The van der Waals surface area contributed by atoms with Crippen molar-refractivity contribution in [2.75, 3.05) is 19.8 Å². The molecule has 1 aliphatic rings. The minimum atomic E-state index is -0.181. The average Bonchev–Trinajstić information content (AvgIpc) is 2.89. The van der Waals surface area contributed by atoms with Crippen molar-refractivity contribution >= 4 is 31.9 Å². The number of hydrogen-bond acceptors (Lipinski definition) is 3. The second kappa shape index (κ2) is 7.34. The fourth-order valence-corrected chi connectivity index (χ4v) is 4.21. The maximum absolute atomic E-state index is 5.95. The Bertz CT molecular complexity index is 485. The lowest BCUT2D eigenvalue weighted by molar-refractivity contribution is 0.0196. The highest BCUT2D eigenvalue weighted by molar-refractivity contribution is 9.11. The molecular weight excluding hydrogens is 400 g/mol. The molecule has 1 heterocycles. The molecule has 0 aliphatic carbocycles. The van der Waals surface area contributed by atoms with E-state index in [0.29, 0.717) is 13.2 Å². The highest BCUT2D eigenvalue weighted by atomic mass is 79.9. The molecule has 1 aliphatic heterocycles. The summed E-state index contributed by atoms with van der Waals surface area (Å²) in [6, 6.07) is 4.03. The number of hydrogen-bond donors (Lipinski definition) is 0. The molecule has 1 aromatic carbocycles. The molecule has 3 nitrogen and oxygen atoms in total. The van der Waals surface area contributed by atoms with E-state index in [0.717, 1.165) is 41.0 Å². The van der Waals surface area contributed by atoms with Crippen LogP contribution in [0, 0.1) is 0 Å². The molecule has 1 aromatic rings. The molecule has 5 heteroatoms. The summed E-state index contributed by atoms with van der Waals surface area (Å²) in [5, 5.41) is 0. The van der Waals surface area contributed by atoms with Gasteiger partial charge in [0.1, 0.15) is 0 Å². The van der Waals surface area contributed by atoms with Crippen LogP contribution in [0.1, 0.15) is 44.0 Å². The number of benzene rings is 1. The number of alkyl halides is 1. The summed E-state index contributed by atoms with van der Waals surface area (Å²) in [5.74, 6) is 1.55. The van der Waals surface area contributed by atoms with Gasteiger partial charge in [-0.05, 0) is 51.3 Å². The third-order valence-electron chi connectivity index (χ3n) is 3.72. The van der Waals surface area contributed by atoms with Crippen LogP contribution in [-0.4, -0.2) is 25.4 Å². The van der Waals surface area contributed by atoms with Gasteiger partial charge in [-0.25, -0.2) is 0 Å². The topological polar surface area (TPSA) is 27.7 Å². The highest BCUT2D eigenvalue weighted by Crippen LogP contribution is 2.47. The first kappa shape index (κ1) is 17.1. The van der Waals surface area contributed by atoms with Crippen LogP contribution in [0.4, 0.5) is 0 Å². The van der Waals surface area contributed by atoms with Gasteiger partial charge in [0, 0.05) is 11.1 Å². The minimum absolute atomic E-state index is 0.108. The molecule has 0 amide bonds. The average molecular weight is 422 g/mol. The predicted octanol–water partition coefficient (Wildman–Crippen LogP) is 5.25. The van der Waals surface area contributed by atoms with Crippen molar-refractivity contribution in [3.05, 3.63) is 22.2 Å². The molecule has 0 bridgehead atoms. The lowest BCUT2D eigenvalue weighted by atomic mass is 9.93. The van der Waals surface area contributed by atoms with Crippen LogP contribution in [0.25, 0.3) is 0 Å². The van der Waals surface area contributed by atoms with Gasteiger partial charge >= 0.3 is 0 Å². The summed E-state index contributed by atoms with van der Waals surface area (Å²) in [4.78, 5) is 0.108. The summed E-state index contributed by atoms with van der Waals surface area (Å²) < 4.78 is 18.3. The Morgan fingerprint density at radius 2 is 1.86 bits per heavy atom. The van der Waals surface area contributed by atoms with Gasteiger partial charge in [-0.2, -0.15) is 0 Å². The van der Waals surface area contributed by atoms with Crippen molar-refractivity contribution in [2.45, 2.75) is 44.0 Å². The molecule has 0 N–H and O–H groups in total. The summed E-state index contributed by atoms with van der Waals surface area (Å²) in [7, 11) is 0. The molecule has 118 valence electrons. The van der Waals surface area contributed by atoms with E-state index < -0.39 is 0 Å². The highest BCUT2D eigenvalue weighted by Gasteiger charge is 2.39. The van der Waals surface area contributed by atoms with Gasteiger partial charge in [-0.3, -0.25) is 0 Å². The van der Waals surface area contributed by atoms with Crippen molar-refractivity contribution in [1.82, 2.24) is 0 Å². The summed E-state index contributed by atoms with van der Waals surface area (Å²) in [6.07, 6.45) is 2.15. The van der Waals surface area contributed by atoms with Crippen LogP contribution < -0.4 is 9.47 Å². The molecule has 2 unspecified atom stereocenters. The van der Waals surface area contributed by atoms with Crippen LogP contribution in [0.3, 0.4) is 0 Å². The quantitative estimate of drug-likeness (QED) is 0.587. The van der Waals surface area contributed by atoms with E-state index in [2.05, 4.69) is 38.8 Å². The molecular formula is C16H22Br2O3. The smallest absolute Gasteiger partial charge is 0.162 e. The van der Waals surface area contributed by atoms with Crippen LogP contribution in [0.15, 0.2) is 16.6 Å². The van der Waals surface area contributed by atoms with Crippen LogP contribution >= 0.6 is 31.9 Å². The third-order valence-corrected chi connectivity index (χ3v) is 5.87. The Morgan fingerprint density at radius 3 is 2.38 bits per heavy atom. The first-order chi connectivity index (χ1) is 10.0. The van der Waals surface area contributed by atoms with Crippen molar-refractivity contribution in [3.8, 4) is 11.5 Å². The molecule has 2 atom stereocenters. The van der Waals surface area contributed by atoms with Crippen LogP contribution in [0.2, 0.25) is 0 Å². The van der Waals surface area contributed by atoms with Gasteiger partial charge in [0.05, 0.1) is 23.6 Å². The van der Waals surface area contributed by atoms with E-state index in [1.807, 2.05) is 26.0 Å². The molecule has 21 heavy (non-hydrogen) atoms. The van der Waals surface area contributed by atoms with Crippen molar-refractivity contribution < 1.29 is 14.2 Å². The van der Waals surface area contributed by atoms with Crippen molar-refractivity contribution in [2.24, 2.45) is 0 Å². The zero-order valence-corrected chi connectivity index (χ0v) is 15.9. The Hall–Kier alpha value is -0.260. The maximum Gasteiger partial charge on any atom is 0.162 e. The zero-order valence-electron chi connectivity index (χ0n) is 12.7. The lowest BCUT2D eigenvalue weighted by Crippen LogP contribution is -2.28. The fraction of sp³-hybridized carbons (Fsp3) is 0.625. The molecule has 0 radical (unpaired) electrons. The van der Waals surface area contributed by atoms with Crippen molar-refractivity contribution in [1.29, 1.82) is 0 Å². The third kappa shape index (κ3) is 3.74. The Labute approximate surface area is 143 Å². The Morgan fingerprint density at radius 1 is 1.24 bits per heavy atom. The number of rotatable bonds is 6. The number of halogens is 2. The second-order valence-electron chi connectivity index (χ2n) is 5.31. The second-order valence-corrected chi connectivity index (χ2v) is 7.08. The van der Waals surface area contributed by atoms with Gasteiger partial charge in [-0.15, -0.1) is 0 Å². The van der Waals surface area contributed by atoms with Gasteiger partial charge in [0.25, 0.3) is 0 Å². The van der Waals surface area contributed by atoms with E-state index in [-0.39, 0.29) is 10.4 Å². The lowest BCUT2D eigenvalue weighted by Gasteiger charge is -2.30. The molecule has 0 saturated carbocycles. The monoisotopic (exact) mass is 420 g/mol. The van der Waals surface area contributed by atoms with E-state index in [4.69, 9.17) is 14.2 Å². The van der Waals surface area contributed by atoms with E-state index in [1.165, 1.54) is 0 Å². The number of ether oxygens (including phenoxy) is 3. The van der Waals surface area contributed by atoms with Crippen LogP contribution in [0.5, 0.6) is 11.5 Å². The first-order valence-electron chi connectivity index (χ1n) is 7.39.